The number of hydrogen-bond donors (Lipinski definition) is 0. The Hall–Kier alpha value is -4.55. The summed E-state index contributed by atoms with van der Waals surface area (Å²) in [4.78, 5) is 39.5. The van der Waals surface area contributed by atoms with E-state index in [1.165, 1.54) is 21.8 Å². The molecule has 13 heteroatoms. The monoisotopic (exact) mass is 526 g/mol. The molecule has 0 saturated heterocycles. The van der Waals surface area contributed by atoms with Crippen LogP contribution in [0.5, 0.6) is 5.75 Å². The summed E-state index contributed by atoms with van der Waals surface area (Å²) >= 11 is 0. The van der Waals surface area contributed by atoms with Crippen molar-refractivity contribution < 1.29 is 32.2 Å². The van der Waals surface area contributed by atoms with Gasteiger partial charge in [0.25, 0.3) is 5.91 Å². The fraction of sp³-hybridized carbons (Fsp3) is 0.280. The largest absolute Gasteiger partial charge is 0.487 e. The molecule has 0 unspecified atom stereocenters. The third-order valence-electron chi connectivity index (χ3n) is 5.96. The Bertz CT molecular complexity index is 1580. The Morgan fingerprint density at radius 1 is 1.16 bits per heavy atom. The van der Waals surface area contributed by atoms with E-state index in [0.29, 0.717) is 17.1 Å². The van der Waals surface area contributed by atoms with E-state index >= 15 is 0 Å². The summed E-state index contributed by atoms with van der Waals surface area (Å²) in [5.41, 5.74) is 1.28. The van der Waals surface area contributed by atoms with Gasteiger partial charge in [0.1, 0.15) is 17.8 Å². The first-order valence-corrected chi connectivity index (χ1v) is 11.6. The number of halogens is 3. The SMILES string of the molecule is CCOC(=O)c1nn(C)c2c1OCCN(c1ccc(-c3ncc4nc(C(F)(F)F)ccc4n3)cc1C)C2=O. The molecule has 1 aliphatic heterocycles. The molecule has 0 aliphatic carbocycles. The van der Waals surface area contributed by atoms with Crippen LogP contribution in [0.3, 0.4) is 0 Å². The summed E-state index contributed by atoms with van der Waals surface area (Å²) in [5, 5.41) is 4.14. The maximum atomic E-state index is 13.5. The number of ether oxygens (including phenoxy) is 2. The molecule has 38 heavy (non-hydrogen) atoms. The van der Waals surface area contributed by atoms with E-state index in [9.17, 15) is 22.8 Å². The number of benzene rings is 1. The molecule has 0 fully saturated rings. The highest BCUT2D eigenvalue weighted by Crippen LogP contribution is 2.33. The number of amides is 1. The lowest BCUT2D eigenvalue weighted by Gasteiger charge is -2.22. The lowest BCUT2D eigenvalue weighted by atomic mass is 10.1. The lowest BCUT2D eigenvalue weighted by Crippen LogP contribution is -2.34. The number of nitrogens with zero attached hydrogens (tertiary/aromatic N) is 6. The molecule has 1 aromatic carbocycles. The summed E-state index contributed by atoms with van der Waals surface area (Å²) in [6.45, 7) is 3.98. The van der Waals surface area contributed by atoms with Crippen LogP contribution in [0, 0.1) is 6.92 Å². The minimum absolute atomic E-state index is 0.0289. The number of hydrogen-bond acceptors (Lipinski definition) is 8. The van der Waals surface area contributed by atoms with Crippen LogP contribution < -0.4 is 9.64 Å². The minimum atomic E-state index is -4.56. The number of alkyl halides is 3. The Labute approximate surface area is 214 Å². The summed E-state index contributed by atoms with van der Waals surface area (Å²) in [6, 6.07) is 7.36. The first kappa shape index (κ1) is 25.1. The third-order valence-corrected chi connectivity index (χ3v) is 5.96. The fourth-order valence-electron chi connectivity index (χ4n) is 4.22. The molecule has 5 rings (SSSR count). The van der Waals surface area contributed by atoms with Crippen LogP contribution in [0.25, 0.3) is 22.4 Å². The van der Waals surface area contributed by atoms with E-state index in [4.69, 9.17) is 9.47 Å². The molecule has 0 spiro atoms. The van der Waals surface area contributed by atoms with Gasteiger partial charge in [-0.15, -0.1) is 0 Å². The van der Waals surface area contributed by atoms with Gasteiger partial charge in [-0.25, -0.2) is 19.7 Å². The summed E-state index contributed by atoms with van der Waals surface area (Å²) in [5.74, 6) is -0.689. The summed E-state index contributed by atoms with van der Waals surface area (Å²) in [7, 11) is 1.55. The van der Waals surface area contributed by atoms with Crippen LogP contribution in [0.2, 0.25) is 0 Å². The van der Waals surface area contributed by atoms with Gasteiger partial charge in [0.05, 0.1) is 24.9 Å². The normalized spacial score (nSPS) is 13.7. The quantitative estimate of drug-likeness (QED) is 0.367. The summed E-state index contributed by atoms with van der Waals surface area (Å²) < 4.78 is 50.9. The van der Waals surface area contributed by atoms with Crippen molar-refractivity contribution in [2.75, 3.05) is 24.7 Å². The molecule has 0 N–H and O–H groups in total. The minimum Gasteiger partial charge on any atom is -0.487 e. The first-order chi connectivity index (χ1) is 18.1. The number of pyridine rings is 1. The van der Waals surface area contributed by atoms with Crippen LogP contribution in [-0.2, 0) is 18.0 Å². The number of carbonyl (C=O) groups is 2. The standard InChI is InChI=1S/C25H21F3N6O4/c1-4-37-24(36)19-21-20(33(3)32-19)23(35)34(9-10-38-21)17-7-5-14(11-13(17)2)22-29-12-16-15(31-22)6-8-18(30-16)25(26,27)28/h5-8,11-12H,4,9-10H2,1-3H3. The van der Waals surface area contributed by atoms with Crippen molar-refractivity contribution in [1.29, 1.82) is 0 Å². The van der Waals surface area contributed by atoms with Crippen molar-refractivity contribution in [3.05, 3.63) is 59.2 Å². The van der Waals surface area contributed by atoms with Crippen LogP contribution in [-0.4, -0.2) is 56.4 Å². The maximum Gasteiger partial charge on any atom is 0.433 e. The van der Waals surface area contributed by atoms with E-state index < -0.39 is 23.7 Å². The van der Waals surface area contributed by atoms with Crippen molar-refractivity contribution in [2.24, 2.45) is 7.05 Å². The highest BCUT2D eigenvalue weighted by atomic mass is 19.4. The summed E-state index contributed by atoms with van der Waals surface area (Å²) in [6.07, 6.45) is -3.32. The van der Waals surface area contributed by atoms with E-state index in [1.807, 2.05) is 6.92 Å². The molecular formula is C25H21F3N6O4. The average molecular weight is 526 g/mol. The second kappa shape index (κ2) is 9.39. The number of fused-ring (bicyclic) bond motifs is 2. The van der Waals surface area contributed by atoms with E-state index in [0.717, 1.165) is 11.6 Å². The number of aromatic nitrogens is 5. The van der Waals surface area contributed by atoms with Crippen molar-refractivity contribution >= 4 is 28.6 Å². The van der Waals surface area contributed by atoms with Crippen molar-refractivity contribution in [3.63, 3.8) is 0 Å². The predicted octanol–water partition coefficient (Wildman–Crippen LogP) is 3.97. The lowest BCUT2D eigenvalue weighted by molar-refractivity contribution is -0.140. The van der Waals surface area contributed by atoms with Crippen molar-refractivity contribution in [2.45, 2.75) is 20.0 Å². The Kier molecular flexibility index (Phi) is 6.21. The van der Waals surface area contributed by atoms with Crippen molar-refractivity contribution in [3.8, 4) is 17.1 Å². The van der Waals surface area contributed by atoms with Gasteiger partial charge < -0.3 is 14.4 Å². The van der Waals surface area contributed by atoms with Gasteiger partial charge in [-0.1, -0.05) is 0 Å². The van der Waals surface area contributed by atoms with Crippen LogP contribution in [0.1, 0.15) is 39.2 Å². The molecule has 1 aliphatic rings. The molecule has 3 aromatic heterocycles. The molecule has 10 nitrogen and oxygen atoms in total. The molecule has 0 bridgehead atoms. The van der Waals surface area contributed by atoms with Gasteiger partial charge in [0.15, 0.2) is 17.3 Å². The predicted molar refractivity (Wildman–Crippen MR) is 129 cm³/mol. The van der Waals surface area contributed by atoms with Gasteiger partial charge in [-0.3, -0.25) is 9.48 Å². The Morgan fingerprint density at radius 3 is 2.66 bits per heavy atom. The van der Waals surface area contributed by atoms with Gasteiger partial charge in [0, 0.05) is 18.3 Å². The van der Waals surface area contributed by atoms with E-state index in [2.05, 4.69) is 20.1 Å². The third kappa shape index (κ3) is 4.40. The second-order valence-electron chi connectivity index (χ2n) is 8.47. The number of aryl methyl sites for hydroxylation is 2. The maximum absolute atomic E-state index is 13.5. The van der Waals surface area contributed by atoms with Gasteiger partial charge in [0.2, 0.25) is 5.69 Å². The number of esters is 1. The molecule has 0 atom stereocenters. The zero-order chi connectivity index (χ0) is 27.2. The van der Waals surface area contributed by atoms with Crippen molar-refractivity contribution in [1.82, 2.24) is 24.7 Å². The Balaban J connectivity index is 1.46. The first-order valence-electron chi connectivity index (χ1n) is 11.6. The smallest absolute Gasteiger partial charge is 0.433 e. The van der Waals surface area contributed by atoms with Crippen LogP contribution in [0.4, 0.5) is 18.9 Å². The van der Waals surface area contributed by atoms with Gasteiger partial charge >= 0.3 is 12.1 Å². The van der Waals surface area contributed by atoms with E-state index in [-0.39, 0.29) is 47.9 Å². The fourth-order valence-corrected chi connectivity index (χ4v) is 4.22. The van der Waals surface area contributed by atoms with Gasteiger partial charge in [-0.05, 0) is 49.7 Å². The number of rotatable bonds is 4. The molecule has 196 valence electrons. The zero-order valence-corrected chi connectivity index (χ0v) is 20.5. The van der Waals surface area contributed by atoms with Crippen LogP contribution >= 0.6 is 0 Å². The molecular weight excluding hydrogens is 505 g/mol. The van der Waals surface area contributed by atoms with E-state index in [1.54, 1.807) is 32.2 Å². The second-order valence-corrected chi connectivity index (χ2v) is 8.47. The number of anilines is 1. The molecule has 0 radical (unpaired) electrons. The topological polar surface area (TPSA) is 112 Å². The highest BCUT2D eigenvalue weighted by Gasteiger charge is 2.35. The molecule has 4 aromatic rings. The molecule has 0 saturated carbocycles. The highest BCUT2D eigenvalue weighted by molar-refractivity contribution is 6.09. The number of carbonyl (C=O) groups excluding carboxylic acids is 2. The van der Waals surface area contributed by atoms with Crippen LogP contribution in [0.15, 0.2) is 36.5 Å². The van der Waals surface area contributed by atoms with Gasteiger partial charge in [-0.2, -0.15) is 18.3 Å². The Morgan fingerprint density at radius 2 is 1.95 bits per heavy atom. The zero-order valence-electron chi connectivity index (χ0n) is 20.5. The average Bonchev–Trinajstić information content (AvgIpc) is 3.11. The molecule has 4 heterocycles. The molecule has 1 amide bonds.